The van der Waals surface area contributed by atoms with E-state index >= 15 is 0 Å². The first kappa shape index (κ1) is 14.0. The predicted octanol–water partition coefficient (Wildman–Crippen LogP) is 3.16. The third-order valence-electron chi connectivity index (χ3n) is 3.65. The molecule has 0 bridgehead atoms. The first-order chi connectivity index (χ1) is 9.07. The molecular formula is C16H22N2O. The Bertz CT molecular complexity index is 546. The Morgan fingerprint density at radius 3 is 2.53 bits per heavy atom. The van der Waals surface area contributed by atoms with Crippen LogP contribution in [0.3, 0.4) is 0 Å². The minimum Gasteiger partial charge on any atom is -0.379 e. The normalized spacial score (nSPS) is 13.7. The summed E-state index contributed by atoms with van der Waals surface area (Å²) in [6.07, 6.45) is 0.813. The van der Waals surface area contributed by atoms with Gasteiger partial charge in [0, 0.05) is 13.2 Å². The maximum Gasteiger partial charge on any atom is 0.0641 e. The summed E-state index contributed by atoms with van der Waals surface area (Å²) >= 11 is 0. The molecule has 0 saturated heterocycles. The van der Waals surface area contributed by atoms with Gasteiger partial charge in [-0.3, -0.25) is 11.3 Å². The molecule has 2 rings (SSSR count). The van der Waals surface area contributed by atoms with Crippen LogP contribution in [0.5, 0.6) is 0 Å². The van der Waals surface area contributed by atoms with E-state index in [-0.39, 0.29) is 11.6 Å². The molecule has 19 heavy (non-hydrogen) atoms. The van der Waals surface area contributed by atoms with E-state index in [1.54, 1.807) is 7.11 Å². The number of benzene rings is 2. The first-order valence-corrected chi connectivity index (χ1v) is 6.56. The van der Waals surface area contributed by atoms with Gasteiger partial charge >= 0.3 is 0 Å². The molecule has 0 fully saturated rings. The van der Waals surface area contributed by atoms with Gasteiger partial charge in [0.2, 0.25) is 0 Å². The van der Waals surface area contributed by atoms with Crippen LogP contribution in [-0.2, 0) is 4.74 Å². The molecule has 0 aromatic heterocycles. The summed E-state index contributed by atoms with van der Waals surface area (Å²) < 4.78 is 5.51. The van der Waals surface area contributed by atoms with Gasteiger partial charge in [-0.2, -0.15) is 0 Å². The van der Waals surface area contributed by atoms with Crippen molar-refractivity contribution in [2.45, 2.75) is 31.9 Å². The number of nitrogens with two attached hydrogens (primary N) is 1. The molecule has 0 spiro atoms. The molecule has 0 saturated carbocycles. The Balaban J connectivity index is 2.41. The minimum absolute atomic E-state index is 0.0704. The van der Waals surface area contributed by atoms with E-state index in [1.165, 1.54) is 16.3 Å². The molecular weight excluding hydrogens is 236 g/mol. The highest BCUT2D eigenvalue weighted by Crippen LogP contribution is 2.30. The van der Waals surface area contributed by atoms with Crippen LogP contribution in [0.25, 0.3) is 10.8 Å². The SMILES string of the molecule is COC(C)(C)CC(NN)c1cccc2ccccc12. The van der Waals surface area contributed by atoms with Crippen molar-refractivity contribution in [3.05, 3.63) is 48.0 Å². The highest BCUT2D eigenvalue weighted by Gasteiger charge is 2.24. The lowest BCUT2D eigenvalue weighted by Gasteiger charge is -2.29. The largest absolute Gasteiger partial charge is 0.379 e. The van der Waals surface area contributed by atoms with Crippen LogP contribution in [0.2, 0.25) is 0 Å². The second-order valence-electron chi connectivity index (χ2n) is 5.46. The molecule has 2 aromatic carbocycles. The Labute approximate surface area is 114 Å². The van der Waals surface area contributed by atoms with Crippen LogP contribution in [0.4, 0.5) is 0 Å². The predicted molar refractivity (Wildman–Crippen MR) is 79.7 cm³/mol. The van der Waals surface area contributed by atoms with Crippen LogP contribution >= 0.6 is 0 Å². The lowest BCUT2D eigenvalue weighted by Crippen LogP contribution is -2.35. The summed E-state index contributed by atoms with van der Waals surface area (Å²) in [4.78, 5) is 0. The van der Waals surface area contributed by atoms with Crippen LogP contribution in [0.1, 0.15) is 31.9 Å². The van der Waals surface area contributed by atoms with Crippen molar-refractivity contribution in [3.63, 3.8) is 0 Å². The summed E-state index contributed by atoms with van der Waals surface area (Å²) in [5, 5.41) is 2.47. The second kappa shape index (κ2) is 5.70. The van der Waals surface area contributed by atoms with Crippen molar-refractivity contribution in [1.82, 2.24) is 5.43 Å². The third kappa shape index (κ3) is 3.13. The zero-order valence-corrected chi connectivity index (χ0v) is 11.8. The summed E-state index contributed by atoms with van der Waals surface area (Å²) in [7, 11) is 1.73. The Hall–Kier alpha value is -1.42. The van der Waals surface area contributed by atoms with Gasteiger partial charge in [-0.25, -0.2) is 0 Å². The van der Waals surface area contributed by atoms with Gasteiger partial charge in [0.05, 0.1) is 5.60 Å². The molecule has 3 N–H and O–H groups in total. The Kier molecular flexibility index (Phi) is 4.20. The molecule has 0 aliphatic heterocycles. The van der Waals surface area contributed by atoms with E-state index < -0.39 is 0 Å². The van der Waals surface area contributed by atoms with Gasteiger partial charge in [0.1, 0.15) is 0 Å². The van der Waals surface area contributed by atoms with Crippen molar-refractivity contribution in [1.29, 1.82) is 0 Å². The maximum atomic E-state index is 5.75. The van der Waals surface area contributed by atoms with E-state index in [0.29, 0.717) is 0 Å². The smallest absolute Gasteiger partial charge is 0.0641 e. The van der Waals surface area contributed by atoms with E-state index in [9.17, 15) is 0 Å². The molecule has 2 aromatic rings. The molecule has 102 valence electrons. The van der Waals surface area contributed by atoms with Gasteiger partial charge in [0.15, 0.2) is 0 Å². The number of hydrazine groups is 1. The summed E-state index contributed by atoms with van der Waals surface area (Å²) in [6.45, 7) is 4.14. The molecule has 0 heterocycles. The zero-order chi connectivity index (χ0) is 13.9. The van der Waals surface area contributed by atoms with Crippen molar-refractivity contribution in [3.8, 4) is 0 Å². The maximum absolute atomic E-state index is 5.75. The monoisotopic (exact) mass is 258 g/mol. The zero-order valence-electron chi connectivity index (χ0n) is 11.8. The van der Waals surface area contributed by atoms with Gasteiger partial charge < -0.3 is 4.74 Å². The molecule has 3 heteroatoms. The van der Waals surface area contributed by atoms with Crippen molar-refractivity contribution < 1.29 is 4.74 Å². The fourth-order valence-corrected chi connectivity index (χ4v) is 2.39. The number of rotatable bonds is 5. The molecule has 0 amide bonds. The van der Waals surface area contributed by atoms with Crippen molar-refractivity contribution in [2.75, 3.05) is 7.11 Å². The van der Waals surface area contributed by atoms with E-state index in [4.69, 9.17) is 10.6 Å². The summed E-state index contributed by atoms with van der Waals surface area (Å²) in [5.41, 5.74) is 3.92. The first-order valence-electron chi connectivity index (χ1n) is 6.56. The Morgan fingerprint density at radius 2 is 1.84 bits per heavy atom. The number of nitrogens with one attached hydrogen (secondary N) is 1. The average molecular weight is 258 g/mol. The average Bonchev–Trinajstić information content (AvgIpc) is 2.44. The fourth-order valence-electron chi connectivity index (χ4n) is 2.39. The second-order valence-corrected chi connectivity index (χ2v) is 5.46. The van der Waals surface area contributed by atoms with E-state index in [0.717, 1.165) is 6.42 Å². The highest BCUT2D eigenvalue weighted by atomic mass is 16.5. The van der Waals surface area contributed by atoms with Gasteiger partial charge in [-0.15, -0.1) is 0 Å². The van der Waals surface area contributed by atoms with Crippen molar-refractivity contribution in [2.24, 2.45) is 5.84 Å². The van der Waals surface area contributed by atoms with E-state index in [1.807, 2.05) is 0 Å². The number of methoxy groups -OCH3 is 1. The topological polar surface area (TPSA) is 47.3 Å². The quantitative estimate of drug-likeness (QED) is 0.639. The van der Waals surface area contributed by atoms with Crippen LogP contribution in [0.15, 0.2) is 42.5 Å². The van der Waals surface area contributed by atoms with Gasteiger partial charge in [-0.1, -0.05) is 42.5 Å². The fraction of sp³-hybridized carbons (Fsp3) is 0.375. The molecule has 1 unspecified atom stereocenters. The van der Waals surface area contributed by atoms with E-state index in [2.05, 4.69) is 61.7 Å². The van der Waals surface area contributed by atoms with Gasteiger partial charge in [0.25, 0.3) is 0 Å². The number of ether oxygens (including phenoxy) is 1. The number of fused-ring (bicyclic) bond motifs is 1. The summed E-state index contributed by atoms with van der Waals surface area (Å²) in [5.74, 6) is 5.75. The standard InChI is InChI=1S/C16H22N2O/c1-16(2,19-3)11-15(18-17)14-10-6-8-12-7-4-5-9-13(12)14/h4-10,15,18H,11,17H2,1-3H3. The van der Waals surface area contributed by atoms with Crippen LogP contribution in [-0.4, -0.2) is 12.7 Å². The van der Waals surface area contributed by atoms with Crippen molar-refractivity contribution >= 4 is 10.8 Å². The third-order valence-corrected chi connectivity index (χ3v) is 3.65. The molecule has 3 nitrogen and oxygen atoms in total. The lowest BCUT2D eigenvalue weighted by molar-refractivity contribution is 0.00693. The summed E-state index contributed by atoms with van der Waals surface area (Å²) in [6, 6.07) is 14.7. The number of hydrogen-bond acceptors (Lipinski definition) is 3. The number of hydrogen-bond donors (Lipinski definition) is 2. The lowest BCUT2D eigenvalue weighted by atomic mass is 9.91. The molecule has 0 radical (unpaired) electrons. The highest BCUT2D eigenvalue weighted by molar-refractivity contribution is 5.86. The van der Waals surface area contributed by atoms with Crippen LogP contribution < -0.4 is 11.3 Å². The molecule has 1 atom stereocenters. The Morgan fingerprint density at radius 1 is 1.16 bits per heavy atom. The molecule has 0 aliphatic rings. The molecule has 0 aliphatic carbocycles. The van der Waals surface area contributed by atoms with Gasteiger partial charge in [-0.05, 0) is 36.6 Å². The minimum atomic E-state index is -0.214. The van der Waals surface area contributed by atoms with Crippen LogP contribution in [0, 0.1) is 0 Å².